The Bertz CT molecular complexity index is 663. The van der Waals surface area contributed by atoms with Crippen LogP contribution in [0.2, 0.25) is 0 Å². The van der Waals surface area contributed by atoms with Crippen molar-refractivity contribution >= 4 is 18.0 Å². The van der Waals surface area contributed by atoms with Gasteiger partial charge in [0, 0.05) is 13.1 Å². The smallest absolute Gasteiger partial charge is 0.408 e. The van der Waals surface area contributed by atoms with E-state index in [9.17, 15) is 9.59 Å². The first-order valence-corrected chi connectivity index (χ1v) is 11.8. The van der Waals surface area contributed by atoms with Crippen LogP contribution in [-0.2, 0) is 16.1 Å². The predicted molar refractivity (Wildman–Crippen MR) is 129 cm³/mol. The molecule has 1 atom stereocenters. The summed E-state index contributed by atoms with van der Waals surface area (Å²) in [5.74, 6) is -0.203. The lowest BCUT2D eigenvalue weighted by molar-refractivity contribution is -0.123. The second kappa shape index (κ2) is 17.9. The number of benzene rings is 1. The van der Waals surface area contributed by atoms with E-state index >= 15 is 0 Å². The molecule has 2 amide bonds. The molecule has 0 bridgehead atoms. The maximum atomic E-state index is 12.6. The largest absolute Gasteiger partial charge is 0.445 e. The number of aliphatic imine (C=N–C) groups is 1. The number of ether oxygens (including phenoxy) is 1. The SMILES string of the molecule is CCCCCCCCCCNC(=O)[C@H](CCCN=C(N)N)NC(=O)OCc1ccccc1. The summed E-state index contributed by atoms with van der Waals surface area (Å²) in [5.41, 5.74) is 11.6. The zero-order valence-corrected chi connectivity index (χ0v) is 19.5. The van der Waals surface area contributed by atoms with E-state index in [1.54, 1.807) is 0 Å². The number of amides is 2. The Morgan fingerprint density at radius 2 is 1.62 bits per heavy atom. The third-order valence-electron chi connectivity index (χ3n) is 5.10. The van der Waals surface area contributed by atoms with Crippen molar-refractivity contribution in [2.75, 3.05) is 13.1 Å². The van der Waals surface area contributed by atoms with Crippen molar-refractivity contribution in [1.82, 2.24) is 10.6 Å². The van der Waals surface area contributed by atoms with E-state index in [1.165, 1.54) is 38.5 Å². The van der Waals surface area contributed by atoms with Crippen molar-refractivity contribution in [2.45, 2.75) is 83.8 Å². The van der Waals surface area contributed by atoms with Crippen molar-refractivity contribution < 1.29 is 14.3 Å². The topological polar surface area (TPSA) is 132 Å². The molecule has 6 N–H and O–H groups in total. The Labute approximate surface area is 192 Å². The first-order chi connectivity index (χ1) is 15.5. The standard InChI is InChI=1S/C24H41N5O3/c1-2-3-4-5-6-7-8-12-17-27-22(30)21(16-13-18-28-23(25)26)29-24(31)32-19-20-14-10-9-11-15-20/h9-11,14-15,21H,2-8,12-13,16-19H2,1H3,(H,27,30)(H,29,31)(H4,25,26,28)/t21-/m0/s1. The maximum Gasteiger partial charge on any atom is 0.408 e. The molecule has 0 unspecified atom stereocenters. The van der Waals surface area contributed by atoms with Crippen LogP contribution in [0.4, 0.5) is 4.79 Å². The minimum absolute atomic E-state index is 0.0101. The van der Waals surface area contributed by atoms with Crippen molar-refractivity contribution in [3.8, 4) is 0 Å². The lowest BCUT2D eigenvalue weighted by Gasteiger charge is -2.18. The molecule has 1 aromatic carbocycles. The van der Waals surface area contributed by atoms with Crippen LogP contribution in [0.1, 0.15) is 76.7 Å². The molecule has 0 aromatic heterocycles. The molecule has 0 aliphatic heterocycles. The van der Waals surface area contributed by atoms with E-state index in [4.69, 9.17) is 16.2 Å². The molecule has 0 saturated heterocycles. The van der Waals surface area contributed by atoms with Gasteiger partial charge in [-0.25, -0.2) is 4.79 Å². The first-order valence-electron chi connectivity index (χ1n) is 11.8. The first kappa shape index (κ1) is 27.3. The van der Waals surface area contributed by atoms with Gasteiger partial charge in [0.15, 0.2) is 5.96 Å². The number of alkyl carbamates (subject to hydrolysis) is 1. The van der Waals surface area contributed by atoms with Gasteiger partial charge >= 0.3 is 6.09 Å². The van der Waals surface area contributed by atoms with E-state index < -0.39 is 12.1 Å². The van der Waals surface area contributed by atoms with Gasteiger partial charge in [-0.2, -0.15) is 0 Å². The average Bonchev–Trinajstić information content (AvgIpc) is 2.79. The Hall–Kier alpha value is -2.77. The molecule has 0 spiro atoms. The number of unbranched alkanes of at least 4 members (excludes halogenated alkanes) is 7. The normalized spacial score (nSPS) is 11.4. The van der Waals surface area contributed by atoms with Gasteiger partial charge < -0.3 is 26.8 Å². The van der Waals surface area contributed by atoms with Crippen LogP contribution in [-0.4, -0.2) is 37.1 Å². The lowest BCUT2D eigenvalue weighted by atomic mass is 10.1. The van der Waals surface area contributed by atoms with E-state index in [2.05, 4.69) is 22.5 Å². The summed E-state index contributed by atoms with van der Waals surface area (Å²) < 4.78 is 5.25. The fourth-order valence-corrected chi connectivity index (χ4v) is 3.27. The van der Waals surface area contributed by atoms with Crippen LogP contribution in [0.3, 0.4) is 0 Å². The van der Waals surface area contributed by atoms with Gasteiger partial charge in [-0.05, 0) is 24.8 Å². The second-order valence-corrected chi connectivity index (χ2v) is 7.97. The Balaban J connectivity index is 2.37. The number of carbonyl (C=O) groups excluding carboxylic acids is 2. The number of nitrogens with two attached hydrogens (primary N) is 2. The summed E-state index contributed by atoms with van der Waals surface area (Å²) in [4.78, 5) is 28.8. The highest BCUT2D eigenvalue weighted by Crippen LogP contribution is 2.08. The summed E-state index contributed by atoms with van der Waals surface area (Å²) in [7, 11) is 0. The van der Waals surface area contributed by atoms with E-state index in [1.807, 2.05) is 30.3 Å². The highest BCUT2D eigenvalue weighted by Gasteiger charge is 2.20. The maximum absolute atomic E-state index is 12.6. The number of carbonyl (C=O) groups is 2. The van der Waals surface area contributed by atoms with Gasteiger partial charge in [0.05, 0.1) is 0 Å². The summed E-state index contributed by atoms with van der Waals surface area (Å²) in [5, 5.41) is 5.60. The molecule has 8 nitrogen and oxygen atoms in total. The van der Waals surface area contributed by atoms with Crippen LogP contribution in [0.5, 0.6) is 0 Å². The zero-order valence-electron chi connectivity index (χ0n) is 19.5. The quantitative estimate of drug-likeness (QED) is 0.165. The number of nitrogens with zero attached hydrogens (tertiary/aromatic N) is 1. The van der Waals surface area contributed by atoms with Crippen molar-refractivity contribution in [1.29, 1.82) is 0 Å². The van der Waals surface area contributed by atoms with E-state index in [0.29, 0.717) is 25.9 Å². The molecule has 0 heterocycles. The average molecular weight is 448 g/mol. The Morgan fingerprint density at radius 1 is 0.969 bits per heavy atom. The molecule has 1 rings (SSSR count). The van der Waals surface area contributed by atoms with Crippen molar-refractivity contribution in [3.05, 3.63) is 35.9 Å². The fraction of sp³-hybridized carbons (Fsp3) is 0.625. The van der Waals surface area contributed by atoms with Crippen LogP contribution >= 0.6 is 0 Å². The number of hydrogen-bond acceptors (Lipinski definition) is 4. The highest BCUT2D eigenvalue weighted by molar-refractivity contribution is 5.85. The zero-order chi connectivity index (χ0) is 23.4. The van der Waals surface area contributed by atoms with E-state index in [-0.39, 0.29) is 18.5 Å². The third kappa shape index (κ3) is 14.3. The Kier molecular flexibility index (Phi) is 15.2. The Morgan fingerprint density at radius 3 is 2.28 bits per heavy atom. The molecular formula is C24H41N5O3. The summed E-state index contributed by atoms with van der Waals surface area (Å²) in [6, 6.07) is 8.70. The lowest BCUT2D eigenvalue weighted by Crippen LogP contribution is -2.47. The van der Waals surface area contributed by atoms with Crippen LogP contribution in [0.25, 0.3) is 0 Å². The molecule has 1 aromatic rings. The van der Waals surface area contributed by atoms with Crippen LogP contribution in [0.15, 0.2) is 35.3 Å². The number of guanidine groups is 1. The third-order valence-corrected chi connectivity index (χ3v) is 5.10. The number of rotatable bonds is 17. The number of hydrogen-bond donors (Lipinski definition) is 4. The van der Waals surface area contributed by atoms with Gasteiger partial charge in [-0.1, -0.05) is 82.2 Å². The molecule has 0 saturated carbocycles. The minimum atomic E-state index is -0.693. The monoisotopic (exact) mass is 447 g/mol. The molecule has 0 aliphatic carbocycles. The van der Waals surface area contributed by atoms with Gasteiger partial charge in [0.2, 0.25) is 5.91 Å². The molecule has 0 fully saturated rings. The fourth-order valence-electron chi connectivity index (χ4n) is 3.27. The van der Waals surface area contributed by atoms with E-state index in [0.717, 1.165) is 18.4 Å². The summed E-state index contributed by atoms with van der Waals surface area (Å²) in [6.07, 6.45) is 9.97. The summed E-state index contributed by atoms with van der Waals surface area (Å²) in [6.45, 7) is 3.35. The van der Waals surface area contributed by atoms with Gasteiger partial charge in [-0.3, -0.25) is 9.79 Å². The highest BCUT2D eigenvalue weighted by atomic mass is 16.5. The van der Waals surface area contributed by atoms with Crippen molar-refractivity contribution in [3.63, 3.8) is 0 Å². The van der Waals surface area contributed by atoms with Gasteiger partial charge in [-0.15, -0.1) is 0 Å². The van der Waals surface area contributed by atoms with Crippen LogP contribution < -0.4 is 22.1 Å². The predicted octanol–water partition coefficient (Wildman–Crippen LogP) is 3.59. The second-order valence-electron chi connectivity index (χ2n) is 7.97. The molecule has 0 aliphatic rings. The molecule has 180 valence electrons. The van der Waals surface area contributed by atoms with Gasteiger partial charge in [0.1, 0.15) is 12.6 Å². The molecule has 0 radical (unpaired) electrons. The molecule has 8 heteroatoms. The molecular weight excluding hydrogens is 406 g/mol. The number of nitrogens with one attached hydrogen (secondary N) is 2. The van der Waals surface area contributed by atoms with Crippen molar-refractivity contribution in [2.24, 2.45) is 16.5 Å². The van der Waals surface area contributed by atoms with Gasteiger partial charge in [0.25, 0.3) is 0 Å². The summed E-state index contributed by atoms with van der Waals surface area (Å²) >= 11 is 0. The minimum Gasteiger partial charge on any atom is -0.445 e. The van der Waals surface area contributed by atoms with Crippen LogP contribution in [0, 0.1) is 0 Å². The molecule has 32 heavy (non-hydrogen) atoms.